The number of aryl methyl sites for hydroxylation is 1. The highest BCUT2D eigenvalue weighted by Crippen LogP contribution is 2.10. The van der Waals surface area contributed by atoms with Gasteiger partial charge in [0.15, 0.2) is 5.65 Å². The van der Waals surface area contributed by atoms with Crippen molar-refractivity contribution in [3.63, 3.8) is 0 Å². The fourth-order valence-electron chi connectivity index (χ4n) is 2.29. The van der Waals surface area contributed by atoms with Crippen LogP contribution in [0, 0.1) is 6.92 Å². The number of hydrogen-bond acceptors (Lipinski definition) is 4. The zero-order valence-electron chi connectivity index (χ0n) is 11.2. The van der Waals surface area contributed by atoms with Crippen molar-refractivity contribution in [3.8, 4) is 0 Å². The van der Waals surface area contributed by atoms with Gasteiger partial charge >= 0.3 is 0 Å². The Hall–Kier alpha value is -1.88. The summed E-state index contributed by atoms with van der Waals surface area (Å²) >= 11 is 0. The number of hydrogen-bond donors (Lipinski definition) is 2. The van der Waals surface area contributed by atoms with Crippen molar-refractivity contribution < 1.29 is 0 Å². The van der Waals surface area contributed by atoms with E-state index in [0.29, 0.717) is 5.95 Å². The smallest absolute Gasteiger partial charge is 0.243 e. The Bertz CT molecular complexity index is 599. The minimum absolute atomic E-state index is 0.708. The van der Waals surface area contributed by atoms with Crippen LogP contribution in [0.1, 0.15) is 18.4 Å². The first kappa shape index (κ1) is 12.2. The van der Waals surface area contributed by atoms with Gasteiger partial charge in [-0.05, 0) is 37.9 Å². The van der Waals surface area contributed by atoms with Crippen molar-refractivity contribution >= 4 is 11.6 Å². The average molecular weight is 257 g/mol. The average Bonchev–Trinajstić information content (AvgIpc) is 2.82. The van der Waals surface area contributed by atoms with Crippen molar-refractivity contribution in [1.82, 2.24) is 19.9 Å². The lowest BCUT2D eigenvalue weighted by Crippen LogP contribution is -2.21. The van der Waals surface area contributed by atoms with Crippen LogP contribution >= 0.6 is 0 Å². The Morgan fingerprint density at radius 3 is 3.21 bits per heavy atom. The van der Waals surface area contributed by atoms with Crippen LogP contribution in [0.4, 0.5) is 5.95 Å². The van der Waals surface area contributed by atoms with Crippen LogP contribution in [0.3, 0.4) is 0 Å². The van der Waals surface area contributed by atoms with Crippen molar-refractivity contribution in [3.05, 3.63) is 35.5 Å². The normalized spacial score (nSPS) is 15.5. The van der Waals surface area contributed by atoms with Crippen LogP contribution in [0.25, 0.3) is 5.65 Å². The summed E-state index contributed by atoms with van der Waals surface area (Å²) in [4.78, 5) is 4.45. The first-order valence-electron chi connectivity index (χ1n) is 6.77. The third kappa shape index (κ3) is 2.93. The SMILES string of the molecule is Cc1ccc2nc(NCCC3=CCNCC3)nn2c1. The Morgan fingerprint density at radius 2 is 2.37 bits per heavy atom. The van der Waals surface area contributed by atoms with Crippen LogP contribution in [-0.2, 0) is 0 Å². The second kappa shape index (κ2) is 5.40. The maximum Gasteiger partial charge on any atom is 0.243 e. The fraction of sp³-hybridized carbons (Fsp3) is 0.429. The molecule has 1 aliphatic rings. The predicted molar refractivity (Wildman–Crippen MR) is 76.4 cm³/mol. The number of rotatable bonds is 4. The second-order valence-electron chi connectivity index (χ2n) is 4.94. The largest absolute Gasteiger partial charge is 0.353 e. The van der Waals surface area contributed by atoms with Crippen LogP contribution in [-0.4, -0.2) is 34.2 Å². The van der Waals surface area contributed by atoms with Gasteiger partial charge in [-0.15, -0.1) is 5.10 Å². The Kier molecular flexibility index (Phi) is 3.46. The van der Waals surface area contributed by atoms with E-state index in [9.17, 15) is 0 Å². The first-order chi connectivity index (χ1) is 9.31. The molecule has 0 unspecified atom stereocenters. The lowest BCUT2D eigenvalue weighted by molar-refractivity contribution is 0.683. The van der Waals surface area contributed by atoms with Gasteiger partial charge in [-0.1, -0.05) is 17.7 Å². The zero-order valence-corrected chi connectivity index (χ0v) is 11.2. The van der Waals surface area contributed by atoms with E-state index in [0.717, 1.165) is 38.1 Å². The van der Waals surface area contributed by atoms with Crippen molar-refractivity contribution in [1.29, 1.82) is 0 Å². The lowest BCUT2D eigenvalue weighted by atomic mass is 10.1. The molecule has 2 aromatic heterocycles. The number of aromatic nitrogens is 3. The maximum absolute atomic E-state index is 4.45. The molecule has 0 amide bonds. The van der Waals surface area contributed by atoms with Gasteiger partial charge in [0.05, 0.1) is 0 Å². The molecule has 0 aromatic carbocycles. The molecule has 0 aliphatic carbocycles. The third-order valence-electron chi connectivity index (χ3n) is 3.37. The minimum Gasteiger partial charge on any atom is -0.353 e. The molecule has 3 heterocycles. The van der Waals surface area contributed by atoms with Gasteiger partial charge in [-0.25, -0.2) is 4.52 Å². The van der Waals surface area contributed by atoms with Crippen LogP contribution in [0.5, 0.6) is 0 Å². The molecule has 0 radical (unpaired) electrons. The topological polar surface area (TPSA) is 54.2 Å². The van der Waals surface area contributed by atoms with Gasteiger partial charge in [0.25, 0.3) is 0 Å². The molecule has 0 bridgehead atoms. The lowest BCUT2D eigenvalue weighted by Gasteiger charge is -2.13. The molecule has 100 valence electrons. The highest BCUT2D eigenvalue weighted by atomic mass is 15.3. The van der Waals surface area contributed by atoms with Crippen LogP contribution in [0.2, 0.25) is 0 Å². The van der Waals surface area contributed by atoms with Gasteiger partial charge in [0, 0.05) is 19.3 Å². The molecule has 5 heteroatoms. The van der Waals surface area contributed by atoms with Gasteiger partial charge in [0.1, 0.15) is 0 Å². The fourth-order valence-corrected chi connectivity index (χ4v) is 2.29. The monoisotopic (exact) mass is 257 g/mol. The van der Waals surface area contributed by atoms with E-state index in [1.807, 2.05) is 22.8 Å². The van der Waals surface area contributed by atoms with E-state index >= 15 is 0 Å². The number of nitrogens with zero attached hydrogens (tertiary/aromatic N) is 3. The van der Waals surface area contributed by atoms with E-state index in [1.54, 1.807) is 0 Å². The van der Waals surface area contributed by atoms with Gasteiger partial charge < -0.3 is 10.6 Å². The first-order valence-corrected chi connectivity index (χ1v) is 6.77. The van der Waals surface area contributed by atoms with Crippen molar-refractivity contribution in [2.45, 2.75) is 19.8 Å². The Morgan fingerprint density at radius 1 is 1.42 bits per heavy atom. The van der Waals surface area contributed by atoms with Crippen LogP contribution < -0.4 is 10.6 Å². The molecule has 0 saturated carbocycles. The third-order valence-corrected chi connectivity index (χ3v) is 3.37. The number of anilines is 1. The number of nitrogens with one attached hydrogen (secondary N) is 2. The highest BCUT2D eigenvalue weighted by molar-refractivity contribution is 5.44. The van der Waals surface area contributed by atoms with Gasteiger partial charge in [-0.3, -0.25) is 0 Å². The molecule has 0 saturated heterocycles. The quantitative estimate of drug-likeness (QED) is 0.820. The van der Waals surface area contributed by atoms with E-state index in [1.165, 1.54) is 11.1 Å². The summed E-state index contributed by atoms with van der Waals surface area (Å²) in [6.45, 7) is 5.04. The molecular formula is C14H19N5. The minimum atomic E-state index is 0.708. The number of pyridine rings is 1. The Balaban J connectivity index is 1.60. The summed E-state index contributed by atoms with van der Waals surface area (Å²) in [5.74, 6) is 0.708. The van der Waals surface area contributed by atoms with E-state index < -0.39 is 0 Å². The molecule has 0 spiro atoms. The van der Waals surface area contributed by atoms with Crippen molar-refractivity contribution in [2.24, 2.45) is 0 Å². The molecule has 19 heavy (non-hydrogen) atoms. The predicted octanol–water partition coefficient (Wildman–Crippen LogP) is 1.76. The van der Waals surface area contributed by atoms with Crippen molar-refractivity contribution in [2.75, 3.05) is 25.0 Å². The summed E-state index contributed by atoms with van der Waals surface area (Å²) in [5.41, 5.74) is 3.59. The van der Waals surface area contributed by atoms with E-state index in [4.69, 9.17) is 0 Å². The molecule has 3 rings (SSSR count). The van der Waals surface area contributed by atoms with Crippen LogP contribution in [0.15, 0.2) is 30.0 Å². The second-order valence-corrected chi connectivity index (χ2v) is 4.94. The molecular weight excluding hydrogens is 238 g/mol. The van der Waals surface area contributed by atoms with E-state index in [2.05, 4.69) is 33.7 Å². The molecule has 2 N–H and O–H groups in total. The highest BCUT2D eigenvalue weighted by Gasteiger charge is 2.05. The summed E-state index contributed by atoms with van der Waals surface area (Å²) in [6.07, 6.45) is 6.49. The molecule has 1 aliphatic heterocycles. The molecule has 2 aromatic rings. The molecule has 0 atom stereocenters. The summed E-state index contributed by atoms with van der Waals surface area (Å²) in [7, 11) is 0. The molecule has 0 fully saturated rings. The summed E-state index contributed by atoms with van der Waals surface area (Å²) in [5, 5.41) is 11.0. The van der Waals surface area contributed by atoms with Gasteiger partial charge in [0.2, 0.25) is 5.95 Å². The standard InChI is InChI=1S/C14H19N5/c1-11-2-3-13-17-14(18-19(13)10-11)16-9-6-12-4-7-15-8-5-12/h2-4,10,15H,5-9H2,1H3,(H,16,18). The maximum atomic E-state index is 4.45. The Labute approximate surface area is 112 Å². The van der Waals surface area contributed by atoms with E-state index in [-0.39, 0.29) is 0 Å². The summed E-state index contributed by atoms with van der Waals surface area (Å²) < 4.78 is 1.82. The van der Waals surface area contributed by atoms with Gasteiger partial charge in [-0.2, -0.15) is 4.98 Å². The molecule has 5 nitrogen and oxygen atoms in total. The summed E-state index contributed by atoms with van der Waals surface area (Å²) in [6, 6.07) is 4.04. The number of fused-ring (bicyclic) bond motifs is 1. The zero-order chi connectivity index (χ0) is 13.1.